The van der Waals surface area contributed by atoms with Crippen molar-refractivity contribution < 1.29 is 13.9 Å². The lowest BCUT2D eigenvalue weighted by atomic mass is 10.0. The van der Waals surface area contributed by atoms with Crippen molar-refractivity contribution in [2.75, 3.05) is 0 Å². The van der Waals surface area contributed by atoms with Crippen molar-refractivity contribution >= 4 is 5.91 Å². The van der Waals surface area contributed by atoms with Gasteiger partial charge in [-0.05, 0) is 41.8 Å². The van der Waals surface area contributed by atoms with Crippen LogP contribution in [0.15, 0.2) is 48.5 Å². The number of primary amides is 1. The van der Waals surface area contributed by atoms with Gasteiger partial charge in [0, 0.05) is 12.5 Å². The summed E-state index contributed by atoms with van der Waals surface area (Å²) < 4.78 is 18.7. The quantitative estimate of drug-likeness (QED) is 0.822. The molecule has 0 aromatic heterocycles. The molecule has 0 aliphatic heterocycles. The maximum absolute atomic E-state index is 13.1. The third kappa shape index (κ3) is 5.18. The van der Waals surface area contributed by atoms with Crippen LogP contribution in [-0.2, 0) is 17.8 Å². The summed E-state index contributed by atoms with van der Waals surface area (Å²) in [6, 6.07) is 13.4. The highest BCUT2D eigenvalue weighted by Crippen LogP contribution is 2.16. The van der Waals surface area contributed by atoms with Crippen LogP contribution in [-0.4, -0.2) is 11.9 Å². The Morgan fingerprint density at radius 3 is 2.50 bits per heavy atom. The lowest BCUT2D eigenvalue weighted by Gasteiger charge is -2.11. The van der Waals surface area contributed by atoms with Gasteiger partial charge in [0.15, 0.2) is 0 Å². The number of nitrogens with two attached hydrogens (primary N) is 2. The number of hydrogen-bond acceptors (Lipinski definition) is 3. The monoisotopic (exact) mass is 302 g/mol. The molecule has 0 fully saturated rings. The molecule has 2 aromatic carbocycles. The third-order valence-corrected chi connectivity index (χ3v) is 3.18. The fourth-order valence-electron chi connectivity index (χ4n) is 2.15. The van der Waals surface area contributed by atoms with E-state index in [9.17, 15) is 9.18 Å². The molecule has 22 heavy (non-hydrogen) atoms. The van der Waals surface area contributed by atoms with Gasteiger partial charge >= 0.3 is 0 Å². The van der Waals surface area contributed by atoms with E-state index in [0.717, 1.165) is 11.1 Å². The minimum Gasteiger partial charge on any atom is -0.489 e. The molecule has 4 N–H and O–H groups in total. The van der Waals surface area contributed by atoms with Crippen LogP contribution >= 0.6 is 0 Å². The number of halogens is 1. The molecule has 2 aromatic rings. The van der Waals surface area contributed by atoms with Crippen molar-refractivity contribution in [2.45, 2.75) is 25.5 Å². The number of rotatable bonds is 7. The summed E-state index contributed by atoms with van der Waals surface area (Å²) in [4.78, 5) is 10.8. The van der Waals surface area contributed by atoms with Crippen LogP contribution in [0.4, 0.5) is 4.39 Å². The van der Waals surface area contributed by atoms with Crippen LogP contribution < -0.4 is 16.2 Å². The number of ether oxygens (including phenoxy) is 1. The minimum absolute atomic E-state index is 0.165. The van der Waals surface area contributed by atoms with Gasteiger partial charge in [-0.1, -0.05) is 24.3 Å². The molecule has 5 heteroatoms. The minimum atomic E-state index is -0.400. The Bertz CT molecular complexity index is 629. The second kappa shape index (κ2) is 7.56. The Balaban J connectivity index is 1.87. The summed E-state index contributed by atoms with van der Waals surface area (Å²) in [5, 5.41) is 0. The van der Waals surface area contributed by atoms with Crippen LogP contribution in [0.25, 0.3) is 0 Å². The topological polar surface area (TPSA) is 78.3 Å². The van der Waals surface area contributed by atoms with E-state index in [1.165, 1.54) is 12.1 Å². The lowest BCUT2D eigenvalue weighted by molar-refractivity contribution is -0.118. The second-order valence-corrected chi connectivity index (χ2v) is 5.20. The summed E-state index contributed by atoms with van der Waals surface area (Å²) in [5.74, 6) is 0.0129. The van der Waals surface area contributed by atoms with E-state index in [1.807, 2.05) is 24.3 Å². The van der Waals surface area contributed by atoms with Gasteiger partial charge in [-0.15, -0.1) is 0 Å². The molecular formula is C17H19FN2O2. The highest BCUT2D eigenvalue weighted by atomic mass is 19.1. The van der Waals surface area contributed by atoms with Crippen LogP contribution in [0.1, 0.15) is 17.5 Å². The van der Waals surface area contributed by atoms with E-state index in [0.29, 0.717) is 18.8 Å². The Morgan fingerprint density at radius 2 is 1.86 bits per heavy atom. The first-order valence-corrected chi connectivity index (χ1v) is 7.03. The van der Waals surface area contributed by atoms with Gasteiger partial charge in [-0.3, -0.25) is 4.79 Å². The van der Waals surface area contributed by atoms with Crippen molar-refractivity contribution in [3.8, 4) is 5.75 Å². The fourth-order valence-corrected chi connectivity index (χ4v) is 2.15. The molecule has 0 radical (unpaired) electrons. The summed E-state index contributed by atoms with van der Waals surface area (Å²) >= 11 is 0. The van der Waals surface area contributed by atoms with Gasteiger partial charge in [0.05, 0.1) is 0 Å². The first kappa shape index (κ1) is 16.0. The first-order valence-electron chi connectivity index (χ1n) is 7.03. The van der Waals surface area contributed by atoms with Crippen LogP contribution in [0, 0.1) is 5.82 Å². The van der Waals surface area contributed by atoms with E-state index in [4.69, 9.17) is 16.2 Å². The molecule has 1 atom stereocenters. The predicted octanol–water partition coefficient (Wildman–Crippen LogP) is 2.15. The zero-order valence-electron chi connectivity index (χ0n) is 12.2. The molecule has 4 nitrogen and oxygen atoms in total. The molecule has 0 heterocycles. The fraction of sp³-hybridized carbons (Fsp3) is 0.235. The van der Waals surface area contributed by atoms with E-state index in [2.05, 4.69) is 0 Å². The number of hydrogen-bond donors (Lipinski definition) is 2. The molecule has 0 aliphatic rings. The van der Waals surface area contributed by atoms with Gasteiger partial charge in [-0.2, -0.15) is 0 Å². The molecule has 0 bridgehead atoms. The summed E-state index contributed by atoms with van der Waals surface area (Å²) in [6.45, 7) is 0.304. The van der Waals surface area contributed by atoms with Crippen LogP contribution in [0.3, 0.4) is 0 Å². The molecule has 1 unspecified atom stereocenters. The highest BCUT2D eigenvalue weighted by molar-refractivity contribution is 5.74. The second-order valence-electron chi connectivity index (χ2n) is 5.20. The predicted molar refractivity (Wildman–Crippen MR) is 82.7 cm³/mol. The molecule has 116 valence electrons. The van der Waals surface area contributed by atoms with Crippen LogP contribution in [0.5, 0.6) is 5.75 Å². The van der Waals surface area contributed by atoms with Gasteiger partial charge in [0.1, 0.15) is 18.2 Å². The van der Waals surface area contributed by atoms with E-state index >= 15 is 0 Å². The van der Waals surface area contributed by atoms with E-state index < -0.39 is 5.91 Å². The van der Waals surface area contributed by atoms with Gasteiger partial charge in [0.2, 0.25) is 5.91 Å². The number of carbonyl (C=O) groups excluding carboxylic acids is 1. The van der Waals surface area contributed by atoms with Gasteiger partial charge < -0.3 is 16.2 Å². The molecule has 0 spiro atoms. The lowest BCUT2D eigenvalue weighted by Crippen LogP contribution is -2.29. The van der Waals surface area contributed by atoms with E-state index in [-0.39, 0.29) is 18.3 Å². The smallest absolute Gasteiger partial charge is 0.218 e. The Labute approximate surface area is 128 Å². The van der Waals surface area contributed by atoms with E-state index in [1.54, 1.807) is 12.1 Å². The number of benzene rings is 2. The summed E-state index contributed by atoms with van der Waals surface area (Å²) in [7, 11) is 0. The normalized spacial score (nSPS) is 11.9. The van der Waals surface area contributed by atoms with Crippen molar-refractivity contribution in [3.05, 3.63) is 65.5 Å². The summed E-state index contributed by atoms with van der Waals surface area (Å²) in [5.41, 5.74) is 12.7. The number of amides is 1. The van der Waals surface area contributed by atoms with Gasteiger partial charge in [0.25, 0.3) is 0 Å². The Morgan fingerprint density at radius 1 is 1.14 bits per heavy atom. The first-order chi connectivity index (χ1) is 10.5. The number of carbonyl (C=O) groups is 1. The van der Waals surface area contributed by atoms with Crippen LogP contribution in [0.2, 0.25) is 0 Å². The SMILES string of the molecule is NC(=O)CC(N)Cc1ccc(OCc2cccc(F)c2)cc1. The Kier molecular flexibility index (Phi) is 5.49. The third-order valence-electron chi connectivity index (χ3n) is 3.18. The summed E-state index contributed by atoms with van der Waals surface area (Å²) in [6.07, 6.45) is 0.741. The molecule has 2 rings (SSSR count). The highest BCUT2D eigenvalue weighted by Gasteiger charge is 2.07. The van der Waals surface area contributed by atoms with Crippen molar-refractivity contribution in [2.24, 2.45) is 11.5 Å². The Hall–Kier alpha value is -2.40. The molecule has 0 aliphatic carbocycles. The van der Waals surface area contributed by atoms with Crippen molar-refractivity contribution in [1.29, 1.82) is 0 Å². The largest absolute Gasteiger partial charge is 0.489 e. The van der Waals surface area contributed by atoms with Crippen molar-refractivity contribution in [1.82, 2.24) is 0 Å². The maximum atomic E-state index is 13.1. The standard InChI is InChI=1S/C17H19FN2O2/c18-14-3-1-2-13(8-14)11-22-16-6-4-12(5-7-16)9-15(19)10-17(20)21/h1-8,15H,9-11,19H2,(H2,20,21). The maximum Gasteiger partial charge on any atom is 0.218 e. The average Bonchev–Trinajstić information content (AvgIpc) is 2.46. The zero-order valence-corrected chi connectivity index (χ0v) is 12.2. The molecule has 0 saturated heterocycles. The van der Waals surface area contributed by atoms with Gasteiger partial charge in [-0.25, -0.2) is 4.39 Å². The zero-order chi connectivity index (χ0) is 15.9. The average molecular weight is 302 g/mol. The molecule has 0 saturated carbocycles. The van der Waals surface area contributed by atoms with Crippen molar-refractivity contribution in [3.63, 3.8) is 0 Å². The molecular weight excluding hydrogens is 283 g/mol. The molecule has 1 amide bonds.